The first-order valence-electron chi connectivity index (χ1n) is 8.06. The molecule has 2 fully saturated rings. The smallest absolute Gasteiger partial charge is 0.0363 e. The van der Waals surface area contributed by atoms with Crippen molar-refractivity contribution in [2.24, 2.45) is 0 Å². The van der Waals surface area contributed by atoms with Crippen molar-refractivity contribution in [3.63, 3.8) is 0 Å². The second kappa shape index (κ2) is 6.59. The minimum Gasteiger partial charge on any atom is -0.375 e. The summed E-state index contributed by atoms with van der Waals surface area (Å²) in [5, 5.41) is 3.73. The third-order valence-electron chi connectivity index (χ3n) is 4.58. The van der Waals surface area contributed by atoms with Gasteiger partial charge in [-0.15, -0.1) is 0 Å². The van der Waals surface area contributed by atoms with E-state index in [-0.39, 0.29) is 0 Å². The summed E-state index contributed by atoms with van der Waals surface area (Å²) in [7, 11) is 2.18. The van der Waals surface area contributed by atoms with Crippen molar-refractivity contribution in [2.45, 2.75) is 37.8 Å². The van der Waals surface area contributed by atoms with E-state index in [1.54, 1.807) is 0 Å². The molecule has 1 heterocycles. The summed E-state index contributed by atoms with van der Waals surface area (Å²) in [4.78, 5) is 5.01. The van der Waals surface area contributed by atoms with Crippen LogP contribution in [0.5, 0.6) is 0 Å². The van der Waals surface area contributed by atoms with Gasteiger partial charge in [0.2, 0.25) is 0 Å². The number of benzene rings is 1. The van der Waals surface area contributed by atoms with Gasteiger partial charge in [0.15, 0.2) is 0 Å². The summed E-state index contributed by atoms with van der Waals surface area (Å²) < 4.78 is 0. The summed E-state index contributed by atoms with van der Waals surface area (Å²) in [6.07, 6.45) is 5.43. The van der Waals surface area contributed by atoms with Crippen molar-refractivity contribution < 1.29 is 0 Å². The van der Waals surface area contributed by atoms with Gasteiger partial charge in [0.05, 0.1) is 0 Å². The van der Waals surface area contributed by atoms with Crippen LogP contribution in [-0.2, 0) is 0 Å². The van der Waals surface area contributed by atoms with E-state index < -0.39 is 0 Å². The van der Waals surface area contributed by atoms with Crippen molar-refractivity contribution in [1.29, 1.82) is 0 Å². The van der Waals surface area contributed by atoms with Crippen LogP contribution in [0.15, 0.2) is 30.3 Å². The number of hydrogen-bond acceptors (Lipinski definition) is 3. The molecule has 0 aromatic heterocycles. The van der Waals surface area contributed by atoms with Crippen molar-refractivity contribution in [3.8, 4) is 0 Å². The lowest BCUT2D eigenvalue weighted by Gasteiger charge is -2.20. The lowest BCUT2D eigenvalue weighted by molar-refractivity contribution is 0.317. The fraction of sp³-hybridized carbons (Fsp3) is 0.647. The zero-order chi connectivity index (χ0) is 13.8. The standard InChI is InChI=1S/C17H27N3/c1-19(16-6-3-2-4-7-16)12-5-11-18-15-10-13-20(14-15)17-8-9-17/h2-4,6-7,15,17-18H,5,8-14H2,1H3. The summed E-state index contributed by atoms with van der Waals surface area (Å²) in [6.45, 7) is 4.85. The second-order valence-corrected chi connectivity index (χ2v) is 6.28. The lowest BCUT2D eigenvalue weighted by atomic mass is 10.2. The van der Waals surface area contributed by atoms with Crippen LogP contribution < -0.4 is 10.2 Å². The van der Waals surface area contributed by atoms with Crippen LogP contribution >= 0.6 is 0 Å². The number of nitrogens with one attached hydrogen (secondary N) is 1. The number of nitrogens with zero attached hydrogens (tertiary/aromatic N) is 2. The predicted octanol–water partition coefficient (Wildman–Crippen LogP) is 2.34. The molecule has 0 amide bonds. The second-order valence-electron chi connectivity index (χ2n) is 6.28. The summed E-state index contributed by atoms with van der Waals surface area (Å²) in [6, 6.07) is 12.3. The molecule has 1 aromatic carbocycles. The molecule has 0 spiro atoms. The fourth-order valence-corrected chi connectivity index (χ4v) is 3.16. The summed E-state index contributed by atoms with van der Waals surface area (Å²) in [5.41, 5.74) is 1.31. The molecule has 1 aliphatic heterocycles. The Hall–Kier alpha value is -1.06. The normalized spacial score (nSPS) is 23.1. The van der Waals surface area contributed by atoms with Gasteiger partial charge in [-0.3, -0.25) is 4.90 Å². The van der Waals surface area contributed by atoms with Gasteiger partial charge in [-0.2, -0.15) is 0 Å². The molecule has 0 bridgehead atoms. The number of anilines is 1. The highest BCUT2D eigenvalue weighted by molar-refractivity contribution is 5.44. The van der Waals surface area contributed by atoms with Crippen LogP contribution in [0.3, 0.4) is 0 Å². The molecular weight excluding hydrogens is 246 g/mol. The molecular formula is C17H27N3. The summed E-state index contributed by atoms with van der Waals surface area (Å²) in [5.74, 6) is 0. The first-order valence-corrected chi connectivity index (χ1v) is 8.06. The highest BCUT2D eigenvalue weighted by Crippen LogP contribution is 2.29. The Morgan fingerprint density at radius 1 is 1.20 bits per heavy atom. The van der Waals surface area contributed by atoms with Crippen LogP contribution in [0.2, 0.25) is 0 Å². The van der Waals surface area contributed by atoms with Crippen molar-refractivity contribution in [2.75, 3.05) is 38.1 Å². The van der Waals surface area contributed by atoms with Crippen LogP contribution in [0.4, 0.5) is 5.69 Å². The van der Waals surface area contributed by atoms with Gasteiger partial charge in [0.25, 0.3) is 0 Å². The van der Waals surface area contributed by atoms with Crippen LogP contribution in [0, 0.1) is 0 Å². The van der Waals surface area contributed by atoms with Gasteiger partial charge in [-0.05, 0) is 44.4 Å². The van der Waals surface area contributed by atoms with E-state index in [0.717, 1.165) is 25.2 Å². The van der Waals surface area contributed by atoms with Gasteiger partial charge in [-0.25, -0.2) is 0 Å². The molecule has 3 nitrogen and oxygen atoms in total. The first-order chi connectivity index (χ1) is 9.83. The molecule has 1 saturated heterocycles. The fourth-order valence-electron chi connectivity index (χ4n) is 3.16. The topological polar surface area (TPSA) is 18.5 Å². The highest BCUT2D eigenvalue weighted by Gasteiger charge is 2.33. The average Bonchev–Trinajstić information content (AvgIpc) is 3.24. The lowest BCUT2D eigenvalue weighted by Crippen LogP contribution is -2.35. The Morgan fingerprint density at radius 2 is 2.00 bits per heavy atom. The Bertz CT molecular complexity index is 402. The van der Waals surface area contributed by atoms with Crippen molar-refractivity contribution in [3.05, 3.63) is 30.3 Å². The van der Waals surface area contributed by atoms with Gasteiger partial charge < -0.3 is 10.2 Å². The van der Waals surface area contributed by atoms with E-state index in [9.17, 15) is 0 Å². The van der Waals surface area contributed by atoms with E-state index >= 15 is 0 Å². The maximum absolute atomic E-state index is 3.73. The molecule has 20 heavy (non-hydrogen) atoms. The van der Waals surface area contributed by atoms with Gasteiger partial charge >= 0.3 is 0 Å². The maximum Gasteiger partial charge on any atom is 0.0363 e. The average molecular weight is 273 g/mol. The first kappa shape index (κ1) is 13.9. The molecule has 3 rings (SSSR count). The highest BCUT2D eigenvalue weighted by atomic mass is 15.2. The zero-order valence-corrected chi connectivity index (χ0v) is 12.6. The SMILES string of the molecule is CN(CCCNC1CCN(C2CC2)C1)c1ccccc1. The van der Waals surface area contributed by atoms with Gasteiger partial charge in [0, 0.05) is 44.5 Å². The van der Waals surface area contributed by atoms with Gasteiger partial charge in [0.1, 0.15) is 0 Å². The third-order valence-corrected chi connectivity index (χ3v) is 4.58. The largest absolute Gasteiger partial charge is 0.375 e. The Balaban J connectivity index is 1.30. The van der Waals surface area contributed by atoms with E-state index in [1.165, 1.54) is 44.5 Å². The molecule has 3 heteroatoms. The summed E-state index contributed by atoms with van der Waals surface area (Å²) >= 11 is 0. The number of likely N-dealkylation sites (tertiary alicyclic amines) is 1. The van der Waals surface area contributed by atoms with E-state index in [1.807, 2.05) is 0 Å². The van der Waals surface area contributed by atoms with Crippen LogP contribution in [0.25, 0.3) is 0 Å². The molecule has 1 saturated carbocycles. The molecule has 1 aromatic rings. The number of para-hydroxylation sites is 1. The molecule has 1 N–H and O–H groups in total. The third kappa shape index (κ3) is 3.74. The minimum absolute atomic E-state index is 0.734. The monoisotopic (exact) mass is 273 g/mol. The maximum atomic E-state index is 3.73. The number of hydrogen-bond donors (Lipinski definition) is 1. The predicted molar refractivity (Wildman–Crippen MR) is 85.3 cm³/mol. The molecule has 1 unspecified atom stereocenters. The van der Waals surface area contributed by atoms with Crippen LogP contribution in [-0.4, -0.2) is 50.2 Å². The zero-order valence-electron chi connectivity index (χ0n) is 12.6. The molecule has 1 atom stereocenters. The Labute approximate surface area is 123 Å². The van der Waals surface area contributed by atoms with Crippen molar-refractivity contribution >= 4 is 5.69 Å². The number of rotatable bonds is 7. The molecule has 1 aliphatic carbocycles. The van der Waals surface area contributed by atoms with E-state index in [0.29, 0.717) is 0 Å². The quantitative estimate of drug-likeness (QED) is 0.769. The van der Waals surface area contributed by atoms with Crippen molar-refractivity contribution in [1.82, 2.24) is 10.2 Å². The molecule has 0 radical (unpaired) electrons. The molecule has 110 valence electrons. The van der Waals surface area contributed by atoms with E-state index in [4.69, 9.17) is 0 Å². The Kier molecular flexibility index (Phi) is 4.58. The van der Waals surface area contributed by atoms with Crippen LogP contribution in [0.1, 0.15) is 25.7 Å². The molecule has 2 aliphatic rings. The minimum atomic E-state index is 0.734. The van der Waals surface area contributed by atoms with E-state index in [2.05, 4.69) is 52.5 Å². The Morgan fingerprint density at radius 3 is 2.75 bits per heavy atom. The van der Waals surface area contributed by atoms with Gasteiger partial charge in [-0.1, -0.05) is 18.2 Å².